The Balaban J connectivity index is 0.000000845. The van der Waals surface area contributed by atoms with Gasteiger partial charge in [-0.2, -0.15) is 0 Å². The summed E-state index contributed by atoms with van der Waals surface area (Å²) in [6, 6.07) is 0. The van der Waals surface area contributed by atoms with E-state index in [4.69, 9.17) is 0 Å². The van der Waals surface area contributed by atoms with E-state index in [-0.39, 0.29) is 12.4 Å². The molecule has 1 aromatic rings. The predicted octanol–water partition coefficient (Wildman–Crippen LogP) is 1.36. The third kappa shape index (κ3) is 2.83. The van der Waals surface area contributed by atoms with Gasteiger partial charge in [0.2, 0.25) is 0 Å². The summed E-state index contributed by atoms with van der Waals surface area (Å²) < 4.78 is 0. The number of halogens is 1. The number of hydrogen-bond acceptors (Lipinski definition) is 4. The topological polar surface area (TPSA) is 28.2 Å². The van der Waals surface area contributed by atoms with Gasteiger partial charge in [0.15, 0.2) is 5.13 Å². The molecule has 0 aliphatic carbocycles. The van der Waals surface area contributed by atoms with Gasteiger partial charge in [0, 0.05) is 31.2 Å². The molecule has 0 amide bonds. The quantitative estimate of drug-likeness (QED) is 0.774. The van der Waals surface area contributed by atoms with E-state index < -0.39 is 0 Å². The first-order valence-electron chi connectivity index (χ1n) is 4.32. The zero-order chi connectivity index (χ0) is 8.23. The molecule has 0 aromatic carbocycles. The molecule has 3 nitrogen and oxygen atoms in total. The van der Waals surface area contributed by atoms with E-state index in [9.17, 15) is 0 Å². The van der Waals surface area contributed by atoms with Crippen molar-refractivity contribution in [2.75, 3.05) is 31.1 Å². The normalized spacial score (nSPS) is 17.7. The first-order chi connectivity index (χ1) is 5.97. The lowest BCUT2D eigenvalue weighted by Gasteiger charge is -2.17. The Kier molecular flexibility index (Phi) is 4.48. The highest BCUT2D eigenvalue weighted by Crippen LogP contribution is 2.17. The summed E-state index contributed by atoms with van der Waals surface area (Å²) in [5, 5.41) is 6.58. The number of thiazole rings is 1. The van der Waals surface area contributed by atoms with Crippen molar-refractivity contribution in [3.63, 3.8) is 0 Å². The van der Waals surface area contributed by atoms with Crippen molar-refractivity contribution in [2.24, 2.45) is 0 Å². The van der Waals surface area contributed by atoms with Gasteiger partial charge in [0.05, 0.1) is 0 Å². The maximum Gasteiger partial charge on any atom is 0.185 e. The standard InChI is InChI=1S/C8H13N3S.ClH/c1-2-9-3-6-11(5-1)8-10-4-7-12-8;/h4,7,9H,1-3,5-6H2;1H. The first kappa shape index (κ1) is 10.8. The van der Waals surface area contributed by atoms with Crippen LogP contribution in [0.25, 0.3) is 0 Å². The zero-order valence-electron chi connectivity index (χ0n) is 7.40. The summed E-state index contributed by atoms with van der Waals surface area (Å²) in [6.07, 6.45) is 3.10. The highest BCUT2D eigenvalue weighted by Gasteiger charge is 2.10. The maximum atomic E-state index is 4.30. The number of nitrogens with zero attached hydrogens (tertiary/aromatic N) is 2. The van der Waals surface area contributed by atoms with Crippen molar-refractivity contribution in [3.8, 4) is 0 Å². The molecule has 5 heteroatoms. The summed E-state index contributed by atoms with van der Waals surface area (Å²) in [4.78, 5) is 6.65. The Hall–Kier alpha value is -0.320. The minimum Gasteiger partial charge on any atom is -0.347 e. The van der Waals surface area contributed by atoms with Gasteiger partial charge in [-0.25, -0.2) is 4.98 Å². The molecule has 0 bridgehead atoms. The van der Waals surface area contributed by atoms with Crippen LogP contribution in [0.2, 0.25) is 0 Å². The lowest BCUT2D eigenvalue weighted by Crippen LogP contribution is -2.27. The summed E-state index contributed by atoms with van der Waals surface area (Å²) in [5.41, 5.74) is 0. The molecule has 1 N–H and O–H groups in total. The Labute approximate surface area is 88.6 Å². The first-order valence-corrected chi connectivity index (χ1v) is 5.20. The van der Waals surface area contributed by atoms with E-state index in [1.807, 2.05) is 11.6 Å². The van der Waals surface area contributed by atoms with Gasteiger partial charge in [-0.15, -0.1) is 23.7 Å². The molecule has 74 valence electrons. The van der Waals surface area contributed by atoms with E-state index in [1.54, 1.807) is 11.3 Å². The molecular formula is C8H14ClN3S. The Morgan fingerprint density at radius 3 is 3.08 bits per heavy atom. The van der Waals surface area contributed by atoms with E-state index >= 15 is 0 Å². The van der Waals surface area contributed by atoms with Gasteiger partial charge in [0.25, 0.3) is 0 Å². The van der Waals surface area contributed by atoms with Gasteiger partial charge in [-0.3, -0.25) is 0 Å². The molecule has 0 radical (unpaired) electrons. The highest BCUT2D eigenvalue weighted by molar-refractivity contribution is 7.13. The van der Waals surface area contributed by atoms with Crippen LogP contribution in [0.15, 0.2) is 11.6 Å². The molecule has 2 rings (SSSR count). The second kappa shape index (κ2) is 5.42. The van der Waals surface area contributed by atoms with E-state index in [0.29, 0.717) is 0 Å². The van der Waals surface area contributed by atoms with Crippen molar-refractivity contribution < 1.29 is 0 Å². The van der Waals surface area contributed by atoms with E-state index in [0.717, 1.165) is 26.2 Å². The van der Waals surface area contributed by atoms with E-state index in [1.165, 1.54) is 11.6 Å². The molecule has 0 spiro atoms. The van der Waals surface area contributed by atoms with Crippen LogP contribution in [0, 0.1) is 0 Å². The summed E-state index contributed by atoms with van der Waals surface area (Å²) in [7, 11) is 0. The van der Waals surface area contributed by atoms with Crippen molar-refractivity contribution >= 4 is 28.9 Å². The monoisotopic (exact) mass is 219 g/mol. The Morgan fingerprint density at radius 1 is 1.38 bits per heavy atom. The summed E-state index contributed by atoms with van der Waals surface area (Å²) >= 11 is 1.73. The Morgan fingerprint density at radius 2 is 2.31 bits per heavy atom. The lowest BCUT2D eigenvalue weighted by atomic mass is 10.4. The smallest absolute Gasteiger partial charge is 0.185 e. The van der Waals surface area contributed by atoms with Crippen LogP contribution in [0.1, 0.15) is 6.42 Å². The number of aromatic nitrogens is 1. The second-order valence-corrected chi connectivity index (χ2v) is 3.78. The minimum absolute atomic E-state index is 0. The lowest BCUT2D eigenvalue weighted by molar-refractivity contribution is 0.724. The van der Waals surface area contributed by atoms with Gasteiger partial charge in [-0.05, 0) is 13.0 Å². The molecule has 13 heavy (non-hydrogen) atoms. The van der Waals surface area contributed by atoms with Crippen molar-refractivity contribution in [2.45, 2.75) is 6.42 Å². The molecule has 0 saturated carbocycles. The molecule has 1 saturated heterocycles. The zero-order valence-corrected chi connectivity index (χ0v) is 9.03. The van der Waals surface area contributed by atoms with Gasteiger partial charge in [0.1, 0.15) is 0 Å². The maximum absolute atomic E-state index is 4.30. The number of anilines is 1. The van der Waals surface area contributed by atoms with Crippen LogP contribution in [-0.4, -0.2) is 31.2 Å². The second-order valence-electron chi connectivity index (χ2n) is 2.91. The molecule has 1 aromatic heterocycles. The fourth-order valence-corrected chi connectivity index (χ4v) is 2.11. The predicted molar refractivity (Wildman–Crippen MR) is 59.1 cm³/mol. The van der Waals surface area contributed by atoms with Crippen LogP contribution in [0.4, 0.5) is 5.13 Å². The molecule has 1 aliphatic rings. The third-order valence-electron chi connectivity index (χ3n) is 2.03. The van der Waals surface area contributed by atoms with Crippen molar-refractivity contribution in [3.05, 3.63) is 11.6 Å². The summed E-state index contributed by atoms with van der Waals surface area (Å²) in [6.45, 7) is 4.45. The highest BCUT2D eigenvalue weighted by atomic mass is 35.5. The summed E-state index contributed by atoms with van der Waals surface area (Å²) in [5.74, 6) is 0. The average Bonchev–Trinajstić information content (AvgIpc) is 2.48. The molecule has 2 heterocycles. The molecule has 1 fully saturated rings. The van der Waals surface area contributed by atoms with Crippen LogP contribution >= 0.6 is 23.7 Å². The van der Waals surface area contributed by atoms with Crippen molar-refractivity contribution in [1.82, 2.24) is 10.3 Å². The molecule has 1 aliphatic heterocycles. The SMILES string of the molecule is Cl.c1csc(N2CCCNCC2)n1. The average molecular weight is 220 g/mol. The molecular weight excluding hydrogens is 206 g/mol. The van der Waals surface area contributed by atoms with Crippen molar-refractivity contribution in [1.29, 1.82) is 0 Å². The van der Waals surface area contributed by atoms with Gasteiger partial charge < -0.3 is 10.2 Å². The number of nitrogens with one attached hydrogen (secondary N) is 1. The number of rotatable bonds is 1. The number of hydrogen-bond donors (Lipinski definition) is 1. The Bertz CT molecular complexity index is 219. The molecule has 0 atom stereocenters. The third-order valence-corrected chi connectivity index (χ3v) is 2.86. The minimum atomic E-state index is 0. The molecule has 0 unspecified atom stereocenters. The largest absolute Gasteiger partial charge is 0.347 e. The van der Waals surface area contributed by atoms with E-state index in [2.05, 4.69) is 15.2 Å². The van der Waals surface area contributed by atoms with Gasteiger partial charge in [-0.1, -0.05) is 0 Å². The van der Waals surface area contributed by atoms with Crippen LogP contribution in [-0.2, 0) is 0 Å². The fraction of sp³-hybridized carbons (Fsp3) is 0.625. The van der Waals surface area contributed by atoms with Crippen LogP contribution in [0.3, 0.4) is 0 Å². The van der Waals surface area contributed by atoms with Gasteiger partial charge >= 0.3 is 0 Å². The van der Waals surface area contributed by atoms with Crippen LogP contribution < -0.4 is 10.2 Å². The fourth-order valence-electron chi connectivity index (χ4n) is 1.41. The van der Waals surface area contributed by atoms with Crippen LogP contribution in [0.5, 0.6) is 0 Å².